The van der Waals surface area contributed by atoms with Gasteiger partial charge in [-0.25, -0.2) is 24.9 Å². The maximum absolute atomic E-state index is 13.3. The monoisotopic (exact) mass is 1590 g/mol. The Morgan fingerprint density at radius 3 is 1.29 bits per heavy atom. The normalized spacial score (nSPS) is 16.9. The molecule has 0 unspecified atom stereocenters. The van der Waals surface area contributed by atoms with Crippen molar-refractivity contribution in [3.63, 3.8) is 0 Å². The number of methoxy groups -OCH3 is 2. The van der Waals surface area contributed by atoms with Gasteiger partial charge in [0.05, 0.1) is 84.0 Å². The van der Waals surface area contributed by atoms with Crippen molar-refractivity contribution in [3.05, 3.63) is 210 Å². The van der Waals surface area contributed by atoms with Crippen LogP contribution in [0.15, 0.2) is 133 Å². The standard InChI is InChI=1S/C25H25N3O3.C24H23N3O3.C18H17ClN2O2.C13H20BNO3.C3H9ISi/c1-15-12-19(23(30-3)26-14-15)22-16(2)4-7-21(27-22)28-24(29)25(9-10-25)18-5-6-20-17(13-18)8-11-31-20;1-14-11-18(22(28)25-13-14)21-15(2)3-6-20(26-21)27-23(29)24(8-9-24)17-4-5-19-16(12-17)7-10-30-19;1-11-2-5-15(20-16(11)19)21-17(22)18(7-8-18)13-3-4-14-12(10-13)6-9-23-14;1-9-7-10(11(16-6)15-8-9)14-17-12(2,3)13(4,5)18-14;1-5(2,3)4/h4-7,12-14H,8-11H2,1-3H3,(H,27,28,29);3-6,11-13H,7-10H2,1-2H3,(H,25,28)(H,26,27,29);2-5,10H,6-9H2,1H3,(H,20,21,22);7-8H,1-6H3;1-3H3. The fraction of sp³-hybridized carbons (Fsp3) is 0.386. The number of carbonyl (C=O) groups excluding carboxylic acids is 3. The van der Waals surface area contributed by atoms with Gasteiger partial charge in [-0.15, -0.1) is 21.8 Å². The van der Waals surface area contributed by atoms with Gasteiger partial charge in [0, 0.05) is 43.3 Å². The summed E-state index contributed by atoms with van der Waals surface area (Å²) < 4.78 is 39.5. The highest BCUT2D eigenvalue weighted by atomic mass is 127. The van der Waals surface area contributed by atoms with Crippen LogP contribution in [0, 0.1) is 41.5 Å². The molecule has 4 fully saturated rings. The summed E-state index contributed by atoms with van der Waals surface area (Å²) >= 11 is 8.55. The molecule has 20 nitrogen and oxygen atoms in total. The van der Waals surface area contributed by atoms with Crippen LogP contribution in [0.25, 0.3) is 22.5 Å². The molecule has 10 heterocycles. The van der Waals surface area contributed by atoms with Crippen molar-refractivity contribution in [2.75, 3.05) is 50.0 Å². The number of aryl methyl sites for hydroxylation is 6. The second-order valence-electron chi connectivity index (χ2n) is 30.7. The highest BCUT2D eigenvalue weighted by Gasteiger charge is 2.55. The Morgan fingerprint density at radius 2 is 0.888 bits per heavy atom. The summed E-state index contributed by atoms with van der Waals surface area (Å²) in [6.45, 7) is 28.9. The van der Waals surface area contributed by atoms with E-state index in [0.29, 0.717) is 58.8 Å². The van der Waals surface area contributed by atoms with E-state index in [2.05, 4.69) is 101 Å². The molecule has 4 aliphatic heterocycles. The van der Waals surface area contributed by atoms with Crippen molar-refractivity contribution in [3.8, 4) is 51.5 Å². The summed E-state index contributed by atoms with van der Waals surface area (Å²) in [7, 11) is 2.77. The molecule has 7 aliphatic rings. The molecule has 3 aromatic carbocycles. The zero-order chi connectivity index (χ0) is 76.5. The molecule has 0 spiro atoms. The number of pyridine rings is 6. The van der Waals surface area contributed by atoms with Gasteiger partial charge in [0.25, 0.3) is 5.56 Å². The summed E-state index contributed by atoms with van der Waals surface area (Å²) in [5.74, 6) is 5.28. The lowest BCUT2D eigenvalue weighted by atomic mass is 9.79. The van der Waals surface area contributed by atoms with Gasteiger partial charge in [0.2, 0.25) is 29.5 Å². The van der Waals surface area contributed by atoms with Crippen LogP contribution in [0.2, 0.25) is 24.8 Å². The molecule has 4 N–H and O–H groups in total. The van der Waals surface area contributed by atoms with Crippen molar-refractivity contribution in [1.29, 1.82) is 0 Å². The summed E-state index contributed by atoms with van der Waals surface area (Å²) in [6.07, 6.45) is 12.9. The van der Waals surface area contributed by atoms with Crippen molar-refractivity contribution in [1.82, 2.24) is 29.9 Å². The van der Waals surface area contributed by atoms with E-state index < -0.39 is 28.9 Å². The van der Waals surface area contributed by atoms with Crippen LogP contribution in [-0.2, 0) is 59.2 Å². The Balaban J connectivity index is 0.000000133. The summed E-state index contributed by atoms with van der Waals surface area (Å²) in [5.41, 5.74) is 13.0. The van der Waals surface area contributed by atoms with Crippen LogP contribution in [-0.4, -0.2) is 106 Å². The minimum atomic E-state index is -0.641. The lowest BCUT2D eigenvalue weighted by Crippen LogP contribution is -2.41. The number of nitrogens with one attached hydrogen (secondary N) is 4. The molecular formula is C83H94BClIN9O11Si. The first kappa shape index (κ1) is 77.6. The van der Waals surface area contributed by atoms with Crippen LogP contribution in [0.3, 0.4) is 0 Å². The number of aromatic amines is 1. The van der Waals surface area contributed by atoms with Gasteiger partial charge in [0.15, 0.2) is 0 Å². The van der Waals surface area contributed by atoms with Gasteiger partial charge >= 0.3 is 7.12 Å². The number of nitrogens with zero attached hydrogens (tertiary/aromatic N) is 5. The number of amides is 3. The number of carbonyl (C=O) groups is 3. The molecule has 3 aliphatic carbocycles. The second kappa shape index (κ2) is 31.3. The lowest BCUT2D eigenvalue weighted by Gasteiger charge is -2.32. The Morgan fingerprint density at radius 1 is 0.514 bits per heavy atom. The molecule has 558 valence electrons. The number of hydrogen-bond acceptors (Lipinski definition) is 16. The third-order valence-electron chi connectivity index (χ3n) is 20.7. The quantitative estimate of drug-likeness (QED) is 0.0342. The topological polar surface area (TPSA) is 249 Å². The maximum Gasteiger partial charge on any atom is 0.500 e. The molecule has 3 saturated carbocycles. The summed E-state index contributed by atoms with van der Waals surface area (Å²) in [5, 5.41) is 9.38. The fourth-order valence-electron chi connectivity index (χ4n) is 13.3. The predicted molar refractivity (Wildman–Crippen MR) is 431 cm³/mol. The number of ether oxygens (including phenoxy) is 5. The predicted octanol–water partition coefficient (Wildman–Crippen LogP) is 15.6. The van der Waals surface area contributed by atoms with E-state index in [1.54, 1.807) is 44.9 Å². The smallest absolute Gasteiger partial charge is 0.493 e. The Hall–Kier alpha value is -9.01. The first-order chi connectivity index (χ1) is 50.8. The van der Waals surface area contributed by atoms with Crippen LogP contribution in [0.4, 0.5) is 17.5 Å². The third kappa shape index (κ3) is 17.4. The minimum absolute atomic E-state index is 0.0104. The fourth-order valence-corrected chi connectivity index (χ4v) is 13.5. The van der Waals surface area contributed by atoms with E-state index in [1.165, 1.54) is 16.7 Å². The number of aromatic nitrogens is 6. The molecule has 9 aromatic rings. The average Bonchev–Trinajstić information content (AvgIpc) is 1.61. The van der Waals surface area contributed by atoms with E-state index in [-0.39, 0.29) is 34.5 Å². The number of hydrogen-bond donors (Lipinski definition) is 4. The number of anilines is 3. The number of H-pyrrole nitrogens is 1. The third-order valence-corrected chi connectivity index (χ3v) is 21.1. The van der Waals surface area contributed by atoms with Crippen LogP contribution in [0.5, 0.6) is 29.0 Å². The van der Waals surface area contributed by atoms with E-state index in [0.717, 1.165) is 148 Å². The molecule has 0 atom stereocenters. The van der Waals surface area contributed by atoms with E-state index in [1.807, 2.05) is 148 Å². The summed E-state index contributed by atoms with van der Waals surface area (Å²) in [6, 6.07) is 35.2. The highest BCUT2D eigenvalue weighted by molar-refractivity contribution is 14.1. The van der Waals surface area contributed by atoms with Crippen LogP contribution < -0.4 is 50.7 Å². The second-order valence-corrected chi connectivity index (χ2v) is 44.9. The molecule has 1 saturated heterocycles. The zero-order valence-electron chi connectivity index (χ0n) is 63.7. The Kier molecular flexibility index (Phi) is 22.7. The number of benzene rings is 3. The molecule has 0 bridgehead atoms. The molecule has 24 heteroatoms. The first-order valence-corrected chi connectivity index (χ1v) is 43.4. The van der Waals surface area contributed by atoms with Crippen molar-refractivity contribution in [2.24, 2.45) is 0 Å². The van der Waals surface area contributed by atoms with Gasteiger partial charge < -0.3 is 53.9 Å². The Labute approximate surface area is 645 Å². The van der Waals surface area contributed by atoms with Gasteiger partial charge in [0.1, 0.15) is 45.4 Å². The van der Waals surface area contributed by atoms with Crippen LogP contribution >= 0.6 is 33.4 Å². The molecule has 16 rings (SSSR count). The molecule has 3 amide bonds. The molecule has 6 aromatic heterocycles. The van der Waals surface area contributed by atoms with Gasteiger partial charge in [-0.05, 0) is 223 Å². The average molecular weight is 1590 g/mol. The van der Waals surface area contributed by atoms with Crippen molar-refractivity contribution >= 4 is 86.7 Å². The number of fused-ring (bicyclic) bond motifs is 3. The highest BCUT2D eigenvalue weighted by Crippen LogP contribution is 2.53. The van der Waals surface area contributed by atoms with Crippen molar-refractivity contribution < 1.29 is 47.4 Å². The SMILES string of the molecule is COc1ncc(C)cc1-c1nc(NC(=O)C2(c3ccc4c(c3)CCO4)CC2)ccc1C.COc1ncc(C)cc1B1OC(C)(C)C(C)(C)O1.C[Si](C)(C)I.Cc1c[nH]c(=O)c(-c2nc(NC(=O)C3(c4ccc5c(c4)CCO5)CC3)ccc2C)c1.Cc1ccc(NC(=O)C2(c3ccc4c(c3)CCO4)CC2)nc1Cl. The largest absolute Gasteiger partial charge is 0.500 e. The molecular weight excluding hydrogens is 1500 g/mol. The van der Waals surface area contributed by atoms with Gasteiger partial charge in [-0.2, -0.15) is 0 Å². The zero-order valence-corrected chi connectivity index (χ0v) is 67.6. The minimum Gasteiger partial charge on any atom is -0.493 e. The van der Waals surface area contributed by atoms with Gasteiger partial charge in [-0.1, -0.05) is 91.9 Å². The van der Waals surface area contributed by atoms with Crippen molar-refractivity contribution in [2.45, 2.75) is 174 Å². The molecule has 0 radical (unpaired) electrons. The number of halogens is 2. The Bertz CT molecular complexity index is 4940. The molecule has 107 heavy (non-hydrogen) atoms. The van der Waals surface area contributed by atoms with E-state index in [9.17, 15) is 19.2 Å². The maximum atomic E-state index is 13.3. The van der Waals surface area contributed by atoms with E-state index >= 15 is 0 Å². The van der Waals surface area contributed by atoms with Gasteiger partial charge in [-0.3, -0.25) is 19.2 Å². The van der Waals surface area contributed by atoms with E-state index in [4.69, 9.17) is 49.6 Å². The lowest BCUT2D eigenvalue weighted by molar-refractivity contribution is -0.119. The number of rotatable bonds is 14. The first-order valence-electron chi connectivity index (χ1n) is 36.4. The summed E-state index contributed by atoms with van der Waals surface area (Å²) in [4.78, 5) is 76.5. The van der Waals surface area contributed by atoms with Crippen LogP contribution in [0.1, 0.15) is 133 Å².